The van der Waals surface area contributed by atoms with Gasteiger partial charge in [-0.1, -0.05) is 30.3 Å². The Morgan fingerprint density at radius 1 is 1.20 bits per heavy atom. The van der Waals surface area contributed by atoms with Crippen molar-refractivity contribution in [1.82, 2.24) is 15.2 Å². The quantitative estimate of drug-likeness (QED) is 0.691. The Hall–Kier alpha value is -2.67. The van der Waals surface area contributed by atoms with Crippen LogP contribution in [0, 0.1) is 0 Å². The lowest BCUT2D eigenvalue weighted by Crippen LogP contribution is -2.19. The number of thiazole rings is 1. The van der Waals surface area contributed by atoms with Gasteiger partial charge in [-0.15, -0.1) is 11.3 Å². The molecule has 3 rings (SSSR count). The van der Waals surface area contributed by atoms with E-state index in [1.54, 1.807) is 17.6 Å². The van der Waals surface area contributed by atoms with Crippen LogP contribution in [0.4, 0.5) is 15.7 Å². The van der Waals surface area contributed by atoms with Gasteiger partial charge in [-0.05, 0) is 5.56 Å². The van der Waals surface area contributed by atoms with Crippen molar-refractivity contribution in [2.75, 3.05) is 10.6 Å². The average Bonchev–Trinajstić information content (AvgIpc) is 3.11. The van der Waals surface area contributed by atoms with Crippen LogP contribution in [0.3, 0.4) is 0 Å². The molecule has 2 amide bonds. The Bertz CT molecular complexity index is 693. The van der Waals surface area contributed by atoms with Crippen LogP contribution in [0.15, 0.2) is 48.0 Å². The van der Waals surface area contributed by atoms with Gasteiger partial charge in [-0.25, -0.2) is 9.78 Å². The second kappa shape index (κ2) is 5.54. The number of aromatic nitrogens is 3. The van der Waals surface area contributed by atoms with Gasteiger partial charge in [0.15, 0.2) is 10.9 Å². The van der Waals surface area contributed by atoms with Crippen molar-refractivity contribution in [3.8, 4) is 11.3 Å². The molecule has 0 radical (unpaired) electrons. The highest BCUT2D eigenvalue weighted by molar-refractivity contribution is 7.13. The summed E-state index contributed by atoms with van der Waals surface area (Å²) in [5.74, 6) is 0.456. The Morgan fingerprint density at radius 3 is 2.80 bits per heavy atom. The Labute approximate surface area is 118 Å². The molecule has 0 aliphatic carbocycles. The van der Waals surface area contributed by atoms with Gasteiger partial charge in [-0.2, -0.15) is 5.10 Å². The predicted octanol–water partition coefficient (Wildman–Crippen LogP) is 3.18. The number of nitrogens with one attached hydrogen (secondary N) is 3. The molecule has 0 aliphatic heterocycles. The number of urea groups is 1. The van der Waals surface area contributed by atoms with E-state index in [9.17, 15) is 4.79 Å². The van der Waals surface area contributed by atoms with E-state index in [1.807, 2.05) is 30.3 Å². The lowest BCUT2D eigenvalue weighted by atomic mass is 10.2. The standard InChI is InChI=1S/C13H11N5OS/c19-12(16-13-14-6-7-20-13)15-11-8-10(17-18-11)9-4-2-1-3-5-9/h1-8H,(H3,14,15,16,17,18,19). The van der Waals surface area contributed by atoms with Crippen molar-refractivity contribution < 1.29 is 4.79 Å². The molecule has 0 spiro atoms. The van der Waals surface area contributed by atoms with Crippen molar-refractivity contribution in [1.29, 1.82) is 0 Å². The minimum Gasteiger partial charge on any atom is -0.291 e. The molecule has 0 aliphatic rings. The summed E-state index contributed by atoms with van der Waals surface area (Å²) in [5.41, 5.74) is 1.85. The maximum atomic E-state index is 11.7. The van der Waals surface area contributed by atoms with Crippen LogP contribution in [0.25, 0.3) is 11.3 Å². The van der Waals surface area contributed by atoms with Crippen LogP contribution < -0.4 is 10.6 Å². The van der Waals surface area contributed by atoms with Gasteiger partial charge in [0, 0.05) is 17.6 Å². The molecule has 0 atom stereocenters. The van der Waals surface area contributed by atoms with E-state index < -0.39 is 0 Å². The molecule has 20 heavy (non-hydrogen) atoms. The molecule has 3 N–H and O–H groups in total. The smallest absolute Gasteiger partial charge is 0.291 e. The molecule has 0 bridgehead atoms. The van der Waals surface area contributed by atoms with Crippen LogP contribution in [0.1, 0.15) is 0 Å². The number of carbonyl (C=O) groups excluding carboxylic acids is 1. The predicted molar refractivity (Wildman–Crippen MR) is 78.8 cm³/mol. The zero-order valence-corrected chi connectivity index (χ0v) is 11.1. The summed E-state index contributed by atoms with van der Waals surface area (Å²) in [6.07, 6.45) is 1.63. The molecular formula is C13H11N5OS. The molecule has 3 aromatic rings. The number of hydrogen-bond donors (Lipinski definition) is 3. The second-order valence-electron chi connectivity index (χ2n) is 3.95. The molecule has 0 saturated heterocycles. The lowest BCUT2D eigenvalue weighted by molar-refractivity contribution is 0.262. The summed E-state index contributed by atoms with van der Waals surface area (Å²) >= 11 is 1.35. The summed E-state index contributed by atoms with van der Waals surface area (Å²) in [4.78, 5) is 15.7. The van der Waals surface area contributed by atoms with Crippen LogP contribution in [-0.2, 0) is 0 Å². The fraction of sp³-hybridized carbons (Fsp3) is 0. The van der Waals surface area contributed by atoms with E-state index in [0.29, 0.717) is 10.9 Å². The Balaban J connectivity index is 1.67. The maximum absolute atomic E-state index is 11.7. The van der Waals surface area contributed by atoms with Gasteiger partial charge in [0.05, 0.1) is 5.69 Å². The normalized spacial score (nSPS) is 10.2. The SMILES string of the molecule is O=C(Nc1cc(-c2ccccc2)[nH]n1)Nc1nccs1. The van der Waals surface area contributed by atoms with E-state index >= 15 is 0 Å². The highest BCUT2D eigenvalue weighted by Crippen LogP contribution is 2.19. The molecule has 7 heteroatoms. The first kappa shape index (κ1) is 12.4. The summed E-state index contributed by atoms with van der Waals surface area (Å²) in [5, 5.41) is 14.5. The first-order valence-electron chi connectivity index (χ1n) is 5.89. The van der Waals surface area contributed by atoms with Crippen molar-refractivity contribution in [2.45, 2.75) is 0 Å². The minimum atomic E-state index is -0.369. The molecule has 0 unspecified atom stereocenters. The summed E-state index contributed by atoms with van der Waals surface area (Å²) in [7, 11) is 0. The van der Waals surface area contributed by atoms with E-state index in [2.05, 4.69) is 25.8 Å². The third-order valence-electron chi connectivity index (χ3n) is 2.56. The van der Waals surface area contributed by atoms with Gasteiger partial charge in [0.1, 0.15) is 0 Å². The van der Waals surface area contributed by atoms with Crippen molar-refractivity contribution in [3.63, 3.8) is 0 Å². The Morgan fingerprint density at radius 2 is 2.05 bits per heavy atom. The topological polar surface area (TPSA) is 82.7 Å². The molecular weight excluding hydrogens is 274 g/mol. The third kappa shape index (κ3) is 2.83. The van der Waals surface area contributed by atoms with Gasteiger partial charge >= 0.3 is 6.03 Å². The number of nitrogens with zero attached hydrogens (tertiary/aromatic N) is 2. The van der Waals surface area contributed by atoms with Gasteiger partial charge in [0.2, 0.25) is 0 Å². The maximum Gasteiger partial charge on any atom is 0.326 e. The highest BCUT2D eigenvalue weighted by Gasteiger charge is 2.08. The molecule has 0 saturated carbocycles. The fourth-order valence-electron chi connectivity index (χ4n) is 1.68. The number of H-pyrrole nitrogens is 1. The van der Waals surface area contributed by atoms with Crippen molar-refractivity contribution in [2.24, 2.45) is 0 Å². The first-order chi connectivity index (χ1) is 9.81. The van der Waals surface area contributed by atoms with Crippen LogP contribution >= 0.6 is 11.3 Å². The molecule has 0 fully saturated rings. The third-order valence-corrected chi connectivity index (χ3v) is 3.25. The number of rotatable bonds is 3. The molecule has 6 nitrogen and oxygen atoms in total. The number of aromatic amines is 1. The number of hydrogen-bond acceptors (Lipinski definition) is 4. The highest BCUT2D eigenvalue weighted by atomic mass is 32.1. The van der Waals surface area contributed by atoms with E-state index in [-0.39, 0.29) is 6.03 Å². The largest absolute Gasteiger partial charge is 0.326 e. The number of carbonyl (C=O) groups is 1. The zero-order valence-electron chi connectivity index (χ0n) is 10.3. The average molecular weight is 285 g/mol. The fourth-order valence-corrected chi connectivity index (χ4v) is 2.21. The monoisotopic (exact) mass is 285 g/mol. The van der Waals surface area contributed by atoms with E-state index in [4.69, 9.17) is 0 Å². The number of amides is 2. The summed E-state index contributed by atoms with van der Waals surface area (Å²) in [6.45, 7) is 0. The second-order valence-corrected chi connectivity index (χ2v) is 4.84. The summed E-state index contributed by atoms with van der Waals surface area (Å²) in [6, 6.07) is 11.2. The number of benzene rings is 1. The van der Waals surface area contributed by atoms with Crippen LogP contribution in [0.5, 0.6) is 0 Å². The minimum absolute atomic E-state index is 0.369. The van der Waals surface area contributed by atoms with E-state index in [0.717, 1.165) is 11.3 Å². The van der Waals surface area contributed by atoms with Crippen molar-refractivity contribution in [3.05, 3.63) is 48.0 Å². The van der Waals surface area contributed by atoms with Crippen molar-refractivity contribution >= 4 is 28.3 Å². The zero-order chi connectivity index (χ0) is 13.8. The van der Waals surface area contributed by atoms with Gasteiger partial charge in [0.25, 0.3) is 0 Å². The Kier molecular flexibility index (Phi) is 3.42. The summed E-state index contributed by atoms with van der Waals surface area (Å²) < 4.78 is 0. The van der Waals surface area contributed by atoms with E-state index in [1.165, 1.54) is 11.3 Å². The molecule has 1 aromatic carbocycles. The molecule has 100 valence electrons. The number of anilines is 2. The lowest BCUT2D eigenvalue weighted by Gasteiger charge is -2.00. The first-order valence-corrected chi connectivity index (χ1v) is 6.77. The molecule has 2 heterocycles. The van der Waals surface area contributed by atoms with Crippen LogP contribution in [-0.4, -0.2) is 21.2 Å². The van der Waals surface area contributed by atoms with Gasteiger partial charge in [-0.3, -0.25) is 15.7 Å². The molecule has 2 aromatic heterocycles. The van der Waals surface area contributed by atoms with Crippen LogP contribution in [0.2, 0.25) is 0 Å². The van der Waals surface area contributed by atoms with Gasteiger partial charge < -0.3 is 0 Å².